The van der Waals surface area contributed by atoms with Gasteiger partial charge in [-0.3, -0.25) is 4.79 Å². The lowest BCUT2D eigenvalue weighted by atomic mass is 9.80. The molecule has 1 aromatic carbocycles. The van der Waals surface area contributed by atoms with E-state index in [2.05, 4.69) is 0 Å². The van der Waals surface area contributed by atoms with E-state index in [1.54, 1.807) is 0 Å². The molecular formula is C14H16O3. The third-order valence-corrected chi connectivity index (χ3v) is 3.74. The summed E-state index contributed by atoms with van der Waals surface area (Å²) in [5.74, 6) is 1.43. The van der Waals surface area contributed by atoms with E-state index in [1.165, 1.54) is 0 Å². The zero-order chi connectivity index (χ0) is 11.7. The van der Waals surface area contributed by atoms with E-state index in [4.69, 9.17) is 9.47 Å². The second kappa shape index (κ2) is 4.49. The number of ketones is 1. The van der Waals surface area contributed by atoms with Crippen molar-refractivity contribution in [1.82, 2.24) is 0 Å². The minimum Gasteiger partial charge on any atom is -0.492 e. The van der Waals surface area contributed by atoms with Crippen LogP contribution in [0, 0.1) is 11.8 Å². The van der Waals surface area contributed by atoms with Crippen molar-refractivity contribution in [2.45, 2.75) is 12.8 Å². The second-order valence-corrected chi connectivity index (χ2v) is 4.73. The number of benzene rings is 1. The molecule has 0 saturated carbocycles. The van der Waals surface area contributed by atoms with E-state index in [9.17, 15) is 4.79 Å². The van der Waals surface area contributed by atoms with Crippen LogP contribution in [0.2, 0.25) is 0 Å². The van der Waals surface area contributed by atoms with Crippen LogP contribution >= 0.6 is 0 Å². The predicted octanol–water partition coefficient (Wildman–Crippen LogP) is 2.30. The van der Waals surface area contributed by atoms with E-state index in [0.717, 1.165) is 37.4 Å². The lowest BCUT2D eigenvalue weighted by Gasteiger charge is -2.32. The lowest BCUT2D eigenvalue weighted by molar-refractivity contribution is 0.0309. The SMILES string of the molecule is O=C1c2ccccc2OCC1C1CCOCC1. The maximum absolute atomic E-state index is 12.4. The van der Waals surface area contributed by atoms with Gasteiger partial charge in [0, 0.05) is 13.2 Å². The van der Waals surface area contributed by atoms with Crippen molar-refractivity contribution in [3.05, 3.63) is 29.8 Å². The highest BCUT2D eigenvalue weighted by atomic mass is 16.5. The van der Waals surface area contributed by atoms with Gasteiger partial charge in [0.25, 0.3) is 0 Å². The van der Waals surface area contributed by atoms with Crippen molar-refractivity contribution in [2.24, 2.45) is 11.8 Å². The van der Waals surface area contributed by atoms with Crippen LogP contribution in [-0.4, -0.2) is 25.6 Å². The normalized spacial score (nSPS) is 25.2. The van der Waals surface area contributed by atoms with Crippen molar-refractivity contribution in [2.75, 3.05) is 19.8 Å². The number of hydrogen-bond donors (Lipinski definition) is 0. The summed E-state index contributed by atoms with van der Waals surface area (Å²) in [5, 5.41) is 0. The molecule has 0 bridgehead atoms. The van der Waals surface area contributed by atoms with Crippen molar-refractivity contribution in [3.63, 3.8) is 0 Å². The number of ether oxygens (including phenoxy) is 2. The molecule has 2 aliphatic heterocycles. The third kappa shape index (κ3) is 1.95. The van der Waals surface area contributed by atoms with Gasteiger partial charge in [-0.05, 0) is 30.9 Å². The molecule has 1 saturated heterocycles. The Balaban J connectivity index is 1.83. The monoisotopic (exact) mass is 232 g/mol. The van der Waals surface area contributed by atoms with Gasteiger partial charge in [0.05, 0.1) is 18.1 Å². The number of para-hydroxylation sites is 1. The molecule has 1 fully saturated rings. The maximum atomic E-state index is 12.4. The Morgan fingerprint density at radius 1 is 1.12 bits per heavy atom. The van der Waals surface area contributed by atoms with Gasteiger partial charge in [-0.25, -0.2) is 0 Å². The molecule has 0 spiro atoms. The minimum atomic E-state index is 0.0220. The molecule has 3 nitrogen and oxygen atoms in total. The molecule has 2 heterocycles. The van der Waals surface area contributed by atoms with Crippen LogP contribution in [-0.2, 0) is 4.74 Å². The van der Waals surface area contributed by atoms with Crippen LogP contribution < -0.4 is 4.74 Å². The maximum Gasteiger partial charge on any atom is 0.173 e. The topological polar surface area (TPSA) is 35.5 Å². The summed E-state index contributed by atoms with van der Waals surface area (Å²) >= 11 is 0. The highest BCUT2D eigenvalue weighted by Gasteiger charge is 2.35. The van der Waals surface area contributed by atoms with Crippen LogP contribution in [0.5, 0.6) is 5.75 Å². The lowest BCUT2D eigenvalue weighted by Crippen LogP contribution is -2.36. The number of fused-ring (bicyclic) bond motifs is 1. The highest BCUT2D eigenvalue weighted by molar-refractivity contribution is 6.01. The molecule has 0 radical (unpaired) electrons. The Morgan fingerprint density at radius 2 is 1.88 bits per heavy atom. The predicted molar refractivity (Wildman–Crippen MR) is 63.3 cm³/mol. The van der Waals surface area contributed by atoms with Gasteiger partial charge in [0.2, 0.25) is 0 Å². The van der Waals surface area contributed by atoms with Crippen molar-refractivity contribution in [3.8, 4) is 5.75 Å². The van der Waals surface area contributed by atoms with Crippen molar-refractivity contribution < 1.29 is 14.3 Å². The summed E-state index contributed by atoms with van der Waals surface area (Å²) in [7, 11) is 0. The summed E-state index contributed by atoms with van der Waals surface area (Å²) in [6.07, 6.45) is 1.95. The molecule has 2 aliphatic rings. The molecule has 3 rings (SSSR count). The molecule has 3 heteroatoms. The van der Waals surface area contributed by atoms with Crippen LogP contribution in [0.1, 0.15) is 23.2 Å². The number of hydrogen-bond acceptors (Lipinski definition) is 3. The Labute approximate surface area is 101 Å². The first-order valence-corrected chi connectivity index (χ1v) is 6.20. The van der Waals surface area contributed by atoms with Gasteiger partial charge in [-0.1, -0.05) is 12.1 Å². The molecule has 1 unspecified atom stereocenters. The van der Waals surface area contributed by atoms with E-state index in [1.807, 2.05) is 24.3 Å². The average Bonchev–Trinajstić information content (AvgIpc) is 2.40. The quantitative estimate of drug-likeness (QED) is 0.745. The van der Waals surface area contributed by atoms with Gasteiger partial charge in [-0.15, -0.1) is 0 Å². The molecule has 0 N–H and O–H groups in total. The van der Waals surface area contributed by atoms with Crippen LogP contribution in [0.15, 0.2) is 24.3 Å². The van der Waals surface area contributed by atoms with E-state index >= 15 is 0 Å². The summed E-state index contributed by atoms with van der Waals surface area (Å²) in [5.41, 5.74) is 0.746. The zero-order valence-electron chi connectivity index (χ0n) is 9.72. The fraction of sp³-hybridized carbons (Fsp3) is 0.500. The van der Waals surface area contributed by atoms with Crippen LogP contribution in [0.3, 0.4) is 0 Å². The molecule has 1 aromatic rings. The third-order valence-electron chi connectivity index (χ3n) is 3.74. The zero-order valence-corrected chi connectivity index (χ0v) is 9.72. The van der Waals surface area contributed by atoms with Gasteiger partial charge in [0.1, 0.15) is 5.75 Å². The van der Waals surface area contributed by atoms with Gasteiger partial charge in [0.15, 0.2) is 5.78 Å². The summed E-state index contributed by atoms with van der Waals surface area (Å²) < 4.78 is 11.0. The second-order valence-electron chi connectivity index (χ2n) is 4.73. The largest absolute Gasteiger partial charge is 0.492 e. The first-order chi connectivity index (χ1) is 8.36. The number of carbonyl (C=O) groups excluding carboxylic acids is 1. The Morgan fingerprint density at radius 3 is 2.71 bits per heavy atom. The van der Waals surface area contributed by atoms with Crippen molar-refractivity contribution in [1.29, 1.82) is 0 Å². The number of rotatable bonds is 1. The fourth-order valence-electron chi connectivity index (χ4n) is 2.72. The molecule has 0 aromatic heterocycles. The fourth-order valence-corrected chi connectivity index (χ4v) is 2.72. The van der Waals surface area contributed by atoms with E-state index in [0.29, 0.717) is 12.5 Å². The van der Waals surface area contributed by atoms with Crippen molar-refractivity contribution >= 4 is 5.78 Å². The summed E-state index contributed by atoms with van der Waals surface area (Å²) in [6.45, 7) is 2.08. The van der Waals surface area contributed by atoms with Crippen LogP contribution in [0.4, 0.5) is 0 Å². The Bertz CT molecular complexity index is 421. The summed E-state index contributed by atoms with van der Waals surface area (Å²) in [6, 6.07) is 7.53. The van der Waals surface area contributed by atoms with E-state index < -0.39 is 0 Å². The van der Waals surface area contributed by atoms with Gasteiger partial charge < -0.3 is 9.47 Å². The van der Waals surface area contributed by atoms with Crippen LogP contribution in [0.25, 0.3) is 0 Å². The minimum absolute atomic E-state index is 0.0220. The Hall–Kier alpha value is -1.35. The molecule has 0 amide bonds. The average molecular weight is 232 g/mol. The molecule has 17 heavy (non-hydrogen) atoms. The molecule has 90 valence electrons. The first-order valence-electron chi connectivity index (χ1n) is 6.20. The standard InChI is InChI=1S/C14H16O3/c15-14-11-3-1-2-4-13(11)17-9-12(14)10-5-7-16-8-6-10/h1-4,10,12H,5-9H2. The first kappa shape index (κ1) is 10.8. The number of carbonyl (C=O) groups is 1. The number of Topliss-reactive ketones (excluding diaryl/α,β-unsaturated/α-hetero) is 1. The van der Waals surface area contributed by atoms with Gasteiger partial charge in [-0.2, -0.15) is 0 Å². The molecular weight excluding hydrogens is 216 g/mol. The smallest absolute Gasteiger partial charge is 0.173 e. The van der Waals surface area contributed by atoms with Gasteiger partial charge >= 0.3 is 0 Å². The summed E-state index contributed by atoms with van der Waals surface area (Å²) in [4.78, 5) is 12.4. The Kier molecular flexibility index (Phi) is 2.85. The molecule has 0 aliphatic carbocycles. The molecule has 1 atom stereocenters. The highest BCUT2D eigenvalue weighted by Crippen LogP contribution is 2.34. The van der Waals surface area contributed by atoms with E-state index in [-0.39, 0.29) is 11.7 Å².